The smallest absolute Gasteiger partial charge is 0.415 e. The maximum Gasteiger partial charge on any atom is 0.415 e. The lowest BCUT2D eigenvalue weighted by atomic mass is 9.78. The summed E-state index contributed by atoms with van der Waals surface area (Å²) in [6.07, 6.45) is 5.38. The van der Waals surface area contributed by atoms with E-state index in [0.717, 1.165) is 54.7 Å². The Hall–Kier alpha value is -3.53. The van der Waals surface area contributed by atoms with Crippen molar-refractivity contribution in [2.24, 2.45) is 5.92 Å². The van der Waals surface area contributed by atoms with Gasteiger partial charge in [-0.3, -0.25) is 4.90 Å². The molecule has 2 heterocycles. The highest BCUT2D eigenvalue weighted by Crippen LogP contribution is 2.42. The van der Waals surface area contributed by atoms with Crippen molar-refractivity contribution in [1.82, 2.24) is 9.55 Å². The normalized spacial score (nSPS) is 22.8. The summed E-state index contributed by atoms with van der Waals surface area (Å²) in [5.74, 6) is 1.17. The minimum atomic E-state index is -0.452. The fourth-order valence-electron chi connectivity index (χ4n) is 5.10. The zero-order chi connectivity index (χ0) is 22.1. The molecule has 1 spiro atoms. The van der Waals surface area contributed by atoms with Gasteiger partial charge in [0.2, 0.25) is 0 Å². The molecule has 0 bridgehead atoms. The summed E-state index contributed by atoms with van der Waals surface area (Å²) in [4.78, 5) is 19.0. The summed E-state index contributed by atoms with van der Waals surface area (Å²) in [6, 6.07) is 15.4. The van der Waals surface area contributed by atoms with Crippen LogP contribution in [0.5, 0.6) is 5.75 Å². The second-order valence-electron chi connectivity index (χ2n) is 8.74. The molecule has 1 saturated carbocycles. The molecule has 1 aliphatic heterocycles. The van der Waals surface area contributed by atoms with Crippen LogP contribution in [0.3, 0.4) is 0 Å². The van der Waals surface area contributed by atoms with Crippen LogP contribution in [0.15, 0.2) is 48.8 Å². The van der Waals surface area contributed by atoms with Gasteiger partial charge in [0.05, 0.1) is 42.1 Å². The highest BCUT2D eigenvalue weighted by molar-refractivity contribution is 5.90. The van der Waals surface area contributed by atoms with Crippen molar-refractivity contribution in [2.45, 2.75) is 44.8 Å². The molecule has 0 radical (unpaired) electrons. The Morgan fingerprint density at radius 2 is 2.12 bits per heavy atom. The van der Waals surface area contributed by atoms with Crippen molar-refractivity contribution < 1.29 is 14.3 Å². The Bertz CT molecular complexity index is 1180. The van der Waals surface area contributed by atoms with E-state index >= 15 is 0 Å². The molecular weight excluding hydrogens is 404 g/mol. The van der Waals surface area contributed by atoms with Gasteiger partial charge in [0.1, 0.15) is 11.4 Å². The van der Waals surface area contributed by atoms with Gasteiger partial charge in [0, 0.05) is 12.2 Å². The lowest BCUT2D eigenvalue weighted by Crippen LogP contribution is -2.40. The standard InChI is InChI=1S/C25H26N4O3/c1-2-31-21-8-6-20(7-9-21)29-16-25(32-24(29)30)11-3-4-19(13-25)15-28-17-27-22-10-5-18(14-26)12-23(22)28/h5-10,12,17,19H,2-4,11,13,15-16H2,1H3/t19-,25-/m0/s1. The monoisotopic (exact) mass is 430 g/mol. The number of hydrogen-bond donors (Lipinski definition) is 0. The molecule has 0 unspecified atom stereocenters. The molecule has 32 heavy (non-hydrogen) atoms. The first-order valence-electron chi connectivity index (χ1n) is 11.2. The molecule has 1 aromatic heterocycles. The Balaban J connectivity index is 1.31. The fraction of sp³-hybridized carbons (Fsp3) is 0.400. The Morgan fingerprint density at radius 3 is 2.91 bits per heavy atom. The van der Waals surface area contributed by atoms with E-state index in [2.05, 4.69) is 15.6 Å². The number of rotatable bonds is 5. The number of amides is 1. The third kappa shape index (κ3) is 3.77. The molecule has 1 aliphatic carbocycles. The maximum absolute atomic E-state index is 12.8. The van der Waals surface area contributed by atoms with E-state index in [9.17, 15) is 10.1 Å². The van der Waals surface area contributed by atoms with E-state index in [1.165, 1.54) is 0 Å². The summed E-state index contributed by atoms with van der Waals surface area (Å²) in [5.41, 5.74) is 2.89. The summed E-state index contributed by atoms with van der Waals surface area (Å²) in [5, 5.41) is 9.23. The van der Waals surface area contributed by atoms with E-state index in [1.807, 2.05) is 49.6 Å². The van der Waals surface area contributed by atoms with Crippen molar-refractivity contribution in [3.05, 3.63) is 54.4 Å². The summed E-state index contributed by atoms with van der Waals surface area (Å²) >= 11 is 0. The van der Waals surface area contributed by atoms with Gasteiger partial charge in [-0.15, -0.1) is 0 Å². The number of nitrogens with zero attached hydrogens (tertiary/aromatic N) is 4. The number of imidazole rings is 1. The zero-order valence-corrected chi connectivity index (χ0v) is 18.2. The Labute approximate surface area is 187 Å². The number of fused-ring (bicyclic) bond motifs is 1. The number of aromatic nitrogens is 2. The predicted octanol–water partition coefficient (Wildman–Crippen LogP) is 4.89. The lowest BCUT2D eigenvalue weighted by molar-refractivity contribution is 0.00439. The third-order valence-electron chi connectivity index (χ3n) is 6.54. The van der Waals surface area contributed by atoms with Crippen molar-refractivity contribution in [3.8, 4) is 11.8 Å². The molecular formula is C25H26N4O3. The molecule has 1 amide bonds. The van der Waals surface area contributed by atoms with Gasteiger partial charge in [-0.05, 0) is 81.0 Å². The van der Waals surface area contributed by atoms with Gasteiger partial charge in [-0.1, -0.05) is 0 Å². The van der Waals surface area contributed by atoms with Crippen LogP contribution in [0.4, 0.5) is 10.5 Å². The molecule has 2 aromatic carbocycles. The molecule has 5 rings (SSSR count). The fourth-order valence-corrected chi connectivity index (χ4v) is 5.10. The van der Waals surface area contributed by atoms with Crippen LogP contribution >= 0.6 is 0 Å². The van der Waals surface area contributed by atoms with E-state index in [0.29, 0.717) is 24.6 Å². The number of ether oxygens (including phenoxy) is 2. The average Bonchev–Trinajstić information content (AvgIpc) is 3.34. The first kappa shape index (κ1) is 20.4. The van der Waals surface area contributed by atoms with Crippen LogP contribution in [-0.4, -0.2) is 34.4 Å². The van der Waals surface area contributed by atoms with Crippen LogP contribution in [-0.2, 0) is 11.3 Å². The number of anilines is 1. The molecule has 2 atom stereocenters. The maximum atomic E-state index is 12.8. The van der Waals surface area contributed by atoms with Crippen molar-refractivity contribution in [3.63, 3.8) is 0 Å². The molecule has 1 saturated heterocycles. The van der Waals surface area contributed by atoms with E-state index in [4.69, 9.17) is 9.47 Å². The summed E-state index contributed by atoms with van der Waals surface area (Å²) in [7, 11) is 0. The van der Waals surface area contributed by atoms with E-state index in [1.54, 1.807) is 11.0 Å². The number of carbonyl (C=O) groups excluding carboxylic acids is 1. The number of nitriles is 1. The topological polar surface area (TPSA) is 80.4 Å². The molecule has 164 valence electrons. The summed E-state index contributed by atoms with van der Waals surface area (Å²) < 4.78 is 13.6. The van der Waals surface area contributed by atoms with Crippen LogP contribution in [0.1, 0.15) is 38.2 Å². The van der Waals surface area contributed by atoms with E-state index in [-0.39, 0.29) is 6.09 Å². The molecule has 0 N–H and O–H groups in total. The van der Waals surface area contributed by atoms with Crippen LogP contribution in [0.25, 0.3) is 11.0 Å². The van der Waals surface area contributed by atoms with Crippen molar-refractivity contribution >= 4 is 22.8 Å². The summed E-state index contributed by atoms with van der Waals surface area (Å²) in [6.45, 7) is 3.93. The molecule has 7 heteroatoms. The Morgan fingerprint density at radius 1 is 1.28 bits per heavy atom. The van der Waals surface area contributed by atoms with Gasteiger partial charge >= 0.3 is 6.09 Å². The van der Waals surface area contributed by atoms with Crippen LogP contribution < -0.4 is 9.64 Å². The molecule has 2 fully saturated rings. The van der Waals surface area contributed by atoms with Gasteiger partial charge < -0.3 is 14.0 Å². The minimum absolute atomic E-state index is 0.276. The quantitative estimate of drug-likeness (QED) is 0.576. The number of hydrogen-bond acceptors (Lipinski definition) is 5. The average molecular weight is 431 g/mol. The third-order valence-corrected chi connectivity index (χ3v) is 6.54. The van der Waals surface area contributed by atoms with Crippen LogP contribution in [0, 0.1) is 17.2 Å². The molecule has 3 aromatic rings. The predicted molar refractivity (Wildman–Crippen MR) is 121 cm³/mol. The Kier molecular flexibility index (Phi) is 5.22. The first-order chi connectivity index (χ1) is 15.6. The van der Waals surface area contributed by atoms with Crippen molar-refractivity contribution in [2.75, 3.05) is 18.1 Å². The van der Waals surface area contributed by atoms with Crippen molar-refractivity contribution in [1.29, 1.82) is 5.26 Å². The van der Waals surface area contributed by atoms with Gasteiger partial charge in [0.25, 0.3) is 0 Å². The minimum Gasteiger partial charge on any atom is -0.494 e. The number of carbonyl (C=O) groups is 1. The largest absolute Gasteiger partial charge is 0.494 e. The SMILES string of the molecule is CCOc1ccc(N2C[C@@]3(CCC[C@H](Cn4cnc5ccc(C#N)cc54)C3)OC2=O)cc1. The van der Waals surface area contributed by atoms with E-state index < -0.39 is 5.60 Å². The highest BCUT2D eigenvalue weighted by Gasteiger charge is 2.48. The van der Waals surface area contributed by atoms with Gasteiger partial charge in [-0.25, -0.2) is 9.78 Å². The number of benzene rings is 2. The lowest BCUT2D eigenvalue weighted by Gasteiger charge is -2.36. The van der Waals surface area contributed by atoms with Crippen LogP contribution in [0.2, 0.25) is 0 Å². The zero-order valence-electron chi connectivity index (χ0n) is 18.2. The molecule has 7 nitrogen and oxygen atoms in total. The second kappa shape index (κ2) is 8.19. The first-order valence-corrected chi connectivity index (χ1v) is 11.2. The van der Waals surface area contributed by atoms with Gasteiger partial charge in [-0.2, -0.15) is 5.26 Å². The second-order valence-corrected chi connectivity index (χ2v) is 8.74. The molecule has 2 aliphatic rings. The highest BCUT2D eigenvalue weighted by atomic mass is 16.6. The van der Waals surface area contributed by atoms with Gasteiger partial charge in [0.15, 0.2) is 0 Å².